The molecule has 2 amide bonds. The molecule has 0 saturated heterocycles. The predicted molar refractivity (Wildman–Crippen MR) is 67.8 cm³/mol. The average molecular weight is 235 g/mol. The lowest BCUT2D eigenvalue weighted by atomic mass is 10.2. The molecule has 1 aromatic carbocycles. The van der Waals surface area contributed by atoms with E-state index in [2.05, 4.69) is 5.29 Å². The fourth-order valence-corrected chi connectivity index (χ4v) is 1.51. The Morgan fingerprint density at radius 2 is 1.71 bits per heavy atom. The number of nitroso groups, excluding NO2 is 1. The van der Waals surface area contributed by atoms with E-state index in [0.29, 0.717) is 18.8 Å². The first-order valence-electron chi connectivity index (χ1n) is 5.63. The van der Waals surface area contributed by atoms with E-state index in [-0.39, 0.29) is 0 Å². The van der Waals surface area contributed by atoms with Gasteiger partial charge in [-0.3, -0.25) is 0 Å². The van der Waals surface area contributed by atoms with Gasteiger partial charge in [-0.1, -0.05) is 17.7 Å². The molecule has 0 radical (unpaired) electrons. The summed E-state index contributed by atoms with van der Waals surface area (Å²) in [4.78, 5) is 24.3. The number of carbonyl (C=O) groups excluding carboxylic acids is 1. The normalized spacial score (nSPS) is 9.82. The maximum absolute atomic E-state index is 12.0. The van der Waals surface area contributed by atoms with Gasteiger partial charge >= 0.3 is 6.03 Å². The minimum atomic E-state index is -0.395. The van der Waals surface area contributed by atoms with Crippen LogP contribution in [-0.4, -0.2) is 24.0 Å². The number of carbonyl (C=O) groups is 1. The zero-order valence-electron chi connectivity index (χ0n) is 10.4. The number of hydrogen-bond donors (Lipinski definition) is 0. The van der Waals surface area contributed by atoms with Gasteiger partial charge in [-0.25, -0.2) is 4.79 Å². The van der Waals surface area contributed by atoms with E-state index in [0.717, 1.165) is 10.6 Å². The lowest BCUT2D eigenvalue weighted by Gasteiger charge is -2.23. The van der Waals surface area contributed by atoms with E-state index in [1.165, 1.54) is 0 Å². The van der Waals surface area contributed by atoms with Crippen molar-refractivity contribution in [2.45, 2.75) is 20.8 Å². The van der Waals surface area contributed by atoms with Crippen LogP contribution >= 0.6 is 0 Å². The molecule has 0 atom stereocenters. The van der Waals surface area contributed by atoms with Crippen LogP contribution in [0.15, 0.2) is 29.6 Å². The maximum Gasteiger partial charge on any atom is 0.347 e. The van der Waals surface area contributed by atoms with E-state index < -0.39 is 6.03 Å². The second kappa shape index (κ2) is 5.98. The van der Waals surface area contributed by atoms with Gasteiger partial charge in [0.2, 0.25) is 0 Å². The lowest BCUT2D eigenvalue weighted by molar-refractivity contribution is 0.210. The number of nitrogens with zero attached hydrogens (tertiary/aromatic N) is 3. The number of urea groups is 1. The van der Waals surface area contributed by atoms with E-state index in [4.69, 9.17) is 0 Å². The van der Waals surface area contributed by atoms with E-state index in [1.54, 1.807) is 17.0 Å². The van der Waals surface area contributed by atoms with Crippen LogP contribution < -0.4 is 5.01 Å². The fraction of sp³-hybridized carbons (Fsp3) is 0.417. The first-order valence-corrected chi connectivity index (χ1v) is 5.63. The standard InChI is InChI=1S/C12H17N3O2/c1-4-14(5-2)12(16)15(13-17)11-8-6-10(3)7-9-11/h6-9H,4-5H2,1-3H3. The molecule has 0 aliphatic rings. The second-order valence-electron chi connectivity index (χ2n) is 3.68. The van der Waals surface area contributed by atoms with Crippen molar-refractivity contribution in [3.05, 3.63) is 34.7 Å². The molecule has 0 bridgehead atoms. The molecule has 0 saturated carbocycles. The summed E-state index contributed by atoms with van der Waals surface area (Å²) in [5, 5.41) is 3.68. The molecule has 17 heavy (non-hydrogen) atoms. The van der Waals surface area contributed by atoms with Gasteiger partial charge in [0.1, 0.15) is 0 Å². The Kier molecular flexibility index (Phi) is 4.63. The minimum absolute atomic E-state index is 0.395. The first kappa shape index (κ1) is 13.2. The molecule has 0 aliphatic heterocycles. The zero-order valence-corrected chi connectivity index (χ0v) is 10.4. The molecule has 0 fully saturated rings. The molecule has 5 nitrogen and oxygen atoms in total. The average Bonchev–Trinajstić information content (AvgIpc) is 2.34. The van der Waals surface area contributed by atoms with Crippen LogP contribution in [0.2, 0.25) is 0 Å². The first-order chi connectivity index (χ1) is 8.13. The third kappa shape index (κ3) is 3.03. The van der Waals surface area contributed by atoms with Crippen molar-refractivity contribution in [2.75, 3.05) is 18.1 Å². The second-order valence-corrected chi connectivity index (χ2v) is 3.68. The number of amides is 2. The topological polar surface area (TPSA) is 53.0 Å². The van der Waals surface area contributed by atoms with Gasteiger partial charge in [-0.15, -0.1) is 9.92 Å². The van der Waals surface area contributed by atoms with Gasteiger partial charge < -0.3 is 4.90 Å². The third-order valence-corrected chi connectivity index (χ3v) is 2.58. The Hall–Kier alpha value is -1.91. The highest BCUT2D eigenvalue weighted by atomic mass is 16.3. The van der Waals surface area contributed by atoms with Gasteiger partial charge in [0.15, 0.2) is 0 Å². The van der Waals surface area contributed by atoms with Crippen LogP contribution in [-0.2, 0) is 0 Å². The number of aryl methyl sites for hydroxylation is 1. The molecular formula is C12H17N3O2. The molecule has 92 valence electrons. The highest BCUT2D eigenvalue weighted by molar-refractivity contribution is 5.91. The summed E-state index contributed by atoms with van der Waals surface area (Å²) in [6.45, 7) is 6.76. The largest absolute Gasteiger partial charge is 0.347 e. The predicted octanol–water partition coefficient (Wildman–Crippen LogP) is 2.94. The summed E-state index contributed by atoms with van der Waals surface area (Å²) < 4.78 is 0. The summed E-state index contributed by atoms with van der Waals surface area (Å²) in [6, 6.07) is 6.69. The number of hydrogen-bond acceptors (Lipinski definition) is 3. The molecule has 0 heterocycles. The van der Waals surface area contributed by atoms with Gasteiger partial charge in [0, 0.05) is 13.1 Å². The van der Waals surface area contributed by atoms with Crippen molar-refractivity contribution in [3.63, 3.8) is 0 Å². The Bertz CT molecular complexity index is 385. The van der Waals surface area contributed by atoms with E-state index in [9.17, 15) is 9.70 Å². The Morgan fingerprint density at radius 3 is 2.12 bits per heavy atom. The Balaban J connectivity index is 2.95. The molecule has 0 aliphatic carbocycles. The summed E-state index contributed by atoms with van der Waals surface area (Å²) in [7, 11) is 0. The fourth-order valence-electron chi connectivity index (χ4n) is 1.51. The molecule has 5 heteroatoms. The van der Waals surface area contributed by atoms with Gasteiger partial charge in [-0.05, 0) is 32.9 Å². The van der Waals surface area contributed by atoms with E-state index in [1.807, 2.05) is 32.9 Å². The zero-order chi connectivity index (χ0) is 12.8. The Morgan fingerprint density at radius 1 is 1.18 bits per heavy atom. The van der Waals surface area contributed by atoms with Crippen molar-refractivity contribution in [3.8, 4) is 0 Å². The molecular weight excluding hydrogens is 218 g/mol. The molecule has 0 N–H and O–H groups in total. The van der Waals surface area contributed by atoms with Crippen LogP contribution in [0.5, 0.6) is 0 Å². The monoisotopic (exact) mass is 235 g/mol. The van der Waals surface area contributed by atoms with Gasteiger partial charge in [-0.2, -0.15) is 0 Å². The van der Waals surface area contributed by atoms with Crippen LogP contribution in [0.3, 0.4) is 0 Å². The summed E-state index contributed by atoms with van der Waals surface area (Å²) in [5.74, 6) is 0. The smallest absolute Gasteiger partial charge is 0.323 e. The molecule has 1 aromatic rings. The quantitative estimate of drug-likeness (QED) is 0.595. The van der Waals surface area contributed by atoms with Crippen molar-refractivity contribution in [2.24, 2.45) is 5.29 Å². The SMILES string of the molecule is CCN(CC)C(=O)N(N=O)c1ccc(C)cc1. The lowest BCUT2D eigenvalue weighted by Crippen LogP contribution is -2.40. The maximum atomic E-state index is 12.0. The van der Waals surface area contributed by atoms with Crippen LogP contribution in [0.1, 0.15) is 19.4 Å². The van der Waals surface area contributed by atoms with Gasteiger partial charge in [0.05, 0.1) is 11.0 Å². The van der Waals surface area contributed by atoms with Crippen LogP contribution in [0, 0.1) is 11.8 Å². The summed E-state index contributed by atoms with van der Waals surface area (Å²) >= 11 is 0. The van der Waals surface area contributed by atoms with Crippen molar-refractivity contribution >= 4 is 11.7 Å². The van der Waals surface area contributed by atoms with E-state index >= 15 is 0 Å². The van der Waals surface area contributed by atoms with Crippen LogP contribution in [0.4, 0.5) is 10.5 Å². The van der Waals surface area contributed by atoms with Crippen molar-refractivity contribution in [1.82, 2.24) is 4.90 Å². The number of benzene rings is 1. The summed E-state index contributed by atoms with van der Waals surface area (Å²) in [5.41, 5.74) is 1.55. The molecule has 1 rings (SSSR count). The Labute approximate surface area is 101 Å². The highest BCUT2D eigenvalue weighted by Crippen LogP contribution is 2.17. The minimum Gasteiger partial charge on any atom is -0.323 e. The number of anilines is 1. The van der Waals surface area contributed by atoms with Crippen molar-refractivity contribution in [1.29, 1.82) is 0 Å². The number of rotatable bonds is 4. The summed E-state index contributed by atoms with van der Waals surface area (Å²) in [6.07, 6.45) is 0. The molecule has 0 spiro atoms. The van der Waals surface area contributed by atoms with Crippen molar-refractivity contribution < 1.29 is 4.79 Å². The molecule has 0 aromatic heterocycles. The van der Waals surface area contributed by atoms with Gasteiger partial charge in [0.25, 0.3) is 0 Å². The van der Waals surface area contributed by atoms with Crippen LogP contribution in [0.25, 0.3) is 0 Å². The third-order valence-electron chi connectivity index (χ3n) is 2.58. The molecule has 0 unspecified atom stereocenters. The highest BCUT2D eigenvalue weighted by Gasteiger charge is 2.21.